The van der Waals surface area contributed by atoms with E-state index in [4.69, 9.17) is 10.5 Å². The third kappa shape index (κ3) is 2.10. The lowest BCUT2D eigenvalue weighted by atomic mass is 9.94. The Hall–Kier alpha value is -1.88. The first-order valence-electron chi connectivity index (χ1n) is 6.55. The smallest absolute Gasteiger partial charge is 0.237 e. The van der Waals surface area contributed by atoms with Crippen LogP contribution in [0.15, 0.2) is 18.3 Å². The van der Waals surface area contributed by atoms with Crippen LogP contribution in [0.3, 0.4) is 0 Å². The van der Waals surface area contributed by atoms with Crippen LogP contribution >= 0.6 is 0 Å². The molecule has 1 atom stereocenters. The van der Waals surface area contributed by atoms with E-state index >= 15 is 0 Å². The number of nitrogens with zero attached hydrogens (tertiary/aromatic N) is 3. The van der Waals surface area contributed by atoms with Crippen molar-refractivity contribution >= 4 is 0 Å². The third-order valence-electron chi connectivity index (χ3n) is 3.60. The van der Waals surface area contributed by atoms with Gasteiger partial charge in [-0.2, -0.15) is 4.98 Å². The molecule has 1 unspecified atom stereocenters. The van der Waals surface area contributed by atoms with E-state index < -0.39 is 0 Å². The Kier molecular flexibility index (Phi) is 2.98. The standard InChI is InChI=1S/C14H18N4O/c1-9-8-13(19-2)17-14(16-9)18-7-6-10-11(15)4-3-5-12(10)18/h6-8,11H,3-5,15H2,1-2H3. The van der Waals surface area contributed by atoms with Crippen LogP contribution in [0, 0.1) is 6.92 Å². The first-order valence-corrected chi connectivity index (χ1v) is 6.55. The lowest BCUT2D eigenvalue weighted by Crippen LogP contribution is -2.18. The van der Waals surface area contributed by atoms with Crippen LogP contribution in [-0.4, -0.2) is 21.6 Å². The molecule has 2 N–H and O–H groups in total. The summed E-state index contributed by atoms with van der Waals surface area (Å²) in [5.41, 5.74) is 9.48. The maximum absolute atomic E-state index is 6.14. The first-order chi connectivity index (χ1) is 9.19. The number of hydrogen-bond donors (Lipinski definition) is 1. The Morgan fingerprint density at radius 3 is 3.05 bits per heavy atom. The number of nitrogens with two attached hydrogens (primary N) is 1. The van der Waals surface area contributed by atoms with E-state index in [1.807, 2.05) is 23.8 Å². The van der Waals surface area contributed by atoms with Gasteiger partial charge in [0.05, 0.1) is 7.11 Å². The molecule has 0 fully saturated rings. The van der Waals surface area contributed by atoms with Gasteiger partial charge in [0.2, 0.25) is 11.8 Å². The molecule has 0 bridgehead atoms. The summed E-state index contributed by atoms with van der Waals surface area (Å²) >= 11 is 0. The molecule has 0 aromatic carbocycles. The van der Waals surface area contributed by atoms with Gasteiger partial charge in [0.25, 0.3) is 0 Å². The molecule has 100 valence electrons. The molecule has 0 saturated heterocycles. The molecule has 0 radical (unpaired) electrons. The van der Waals surface area contributed by atoms with Crippen LogP contribution < -0.4 is 10.5 Å². The quantitative estimate of drug-likeness (QED) is 0.893. The SMILES string of the molecule is COc1cc(C)nc(-n2ccc3c2CCCC3N)n1. The number of aromatic nitrogens is 3. The van der Waals surface area contributed by atoms with Gasteiger partial charge in [0.15, 0.2) is 0 Å². The Morgan fingerprint density at radius 1 is 1.42 bits per heavy atom. The van der Waals surface area contributed by atoms with Crippen LogP contribution in [0.4, 0.5) is 0 Å². The number of hydrogen-bond acceptors (Lipinski definition) is 4. The largest absolute Gasteiger partial charge is 0.481 e. The summed E-state index contributed by atoms with van der Waals surface area (Å²) in [5.74, 6) is 1.25. The Morgan fingerprint density at radius 2 is 2.26 bits per heavy atom. The van der Waals surface area contributed by atoms with Gasteiger partial charge >= 0.3 is 0 Å². The molecule has 1 aliphatic rings. The fourth-order valence-electron chi connectivity index (χ4n) is 2.65. The van der Waals surface area contributed by atoms with E-state index in [1.165, 1.54) is 11.3 Å². The fourth-order valence-corrected chi connectivity index (χ4v) is 2.65. The molecule has 2 heterocycles. The summed E-state index contributed by atoms with van der Waals surface area (Å²) in [7, 11) is 1.62. The molecule has 1 aliphatic carbocycles. The zero-order valence-corrected chi connectivity index (χ0v) is 11.3. The normalized spacial score (nSPS) is 18.2. The maximum Gasteiger partial charge on any atom is 0.237 e. The van der Waals surface area contributed by atoms with Gasteiger partial charge in [-0.1, -0.05) is 0 Å². The summed E-state index contributed by atoms with van der Waals surface area (Å²) in [4.78, 5) is 8.90. The number of aryl methyl sites for hydroxylation is 1. The van der Waals surface area contributed by atoms with Crippen molar-refractivity contribution in [2.24, 2.45) is 5.73 Å². The molecule has 5 nitrogen and oxygen atoms in total. The van der Waals surface area contributed by atoms with Crippen molar-refractivity contribution in [1.29, 1.82) is 0 Å². The zero-order chi connectivity index (χ0) is 13.4. The highest BCUT2D eigenvalue weighted by Gasteiger charge is 2.21. The second kappa shape index (κ2) is 4.66. The molecule has 2 aromatic rings. The summed E-state index contributed by atoms with van der Waals surface area (Å²) in [6.45, 7) is 1.94. The Bertz CT molecular complexity index is 605. The maximum atomic E-state index is 6.14. The highest BCUT2D eigenvalue weighted by Crippen LogP contribution is 2.30. The monoisotopic (exact) mass is 258 g/mol. The highest BCUT2D eigenvalue weighted by molar-refractivity contribution is 5.35. The Balaban J connectivity index is 2.10. The average Bonchev–Trinajstić information content (AvgIpc) is 2.83. The van der Waals surface area contributed by atoms with Gasteiger partial charge in [-0.15, -0.1) is 0 Å². The van der Waals surface area contributed by atoms with Crippen molar-refractivity contribution in [3.8, 4) is 11.8 Å². The third-order valence-corrected chi connectivity index (χ3v) is 3.60. The predicted octanol–water partition coefficient (Wildman–Crippen LogP) is 1.92. The van der Waals surface area contributed by atoms with Crippen molar-refractivity contribution < 1.29 is 4.74 Å². The number of fused-ring (bicyclic) bond motifs is 1. The van der Waals surface area contributed by atoms with Gasteiger partial charge in [-0.05, 0) is 37.8 Å². The van der Waals surface area contributed by atoms with Crippen molar-refractivity contribution in [3.63, 3.8) is 0 Å². The van der Waals surface area contributed by atoms with E-state index in [0.717, 1.165) is 25.0 Å². The molecule has 0 saturated carbocycles. The summed E-state index contributed by atoms with van der Waals surface area (Å²) in [6.07, 6.45) is 5.19. The minimum atomic E-state index is 0.136. The lowest BCUT2D eigenvalue weighted by molar-refractivity contribution is 0.395. The number of rotatable bonds is 2. The summed E-state index contributed by atoms with van der Waals surface area (Å²) in [5, 5.41) is 0. The van der Waals surface area contributed by atoms with Gasteiger partial charge in [0.1, 0.15) is 0 Å². The van der Waals surface area contributed by atoms with Gasteiger partial charge in [-0.25, -0.2) is 4.98 Å². The van der Waals surface area contributed by atoms with Crippen LogP contribution in [0.2, 0.25) is 0 Å². The fraction of sp³-hybridized carbons (Fsp3) is 0.429. The predicted molar refractivity (Wildman–Crippen MR) is 72.5 cm³/mol. The molecule has 3 rings (SSSR count). The van der Waals surface area contributed by atoms with Crippen molar-refractivity contribution in [2.75, 3.05) is 7.11 Å². The second-order valence-corrected chi connectivity index (χ2v) is 4.94. The van der Waals surface area contributed by atoms with Crippen LogP contribution in [0.1, 0.15) is 35.8 Å². The van der Waals surface area contributed by atoms with Gasteiger partial charge in [-0.3, -0.25) is 4.57 Å². The average molecular weight is 258 g/mol. The van der Waals surface area contributed by atoms with Crippen molar-refractivity contribution in [3.05, 3.63) is 35.3 Å². The molecule has 5 heteroatoms. The van der Waals surface area contributed by atoms with Crippen molar-refractivity contribution in [1.82, 2.24) is 14.5 Å². The zero-order valence-electron chi connectivity index (χ0n) is 11.3. The van der Waals surface area contributed by atoms with Gasteiger partial charge in [0, 0.05) is 29.7 Å². The van der Waals surface area contributed by atoms with E-state index in [9.17, 15) is 0 Å². The summed E-state index contributed by atoms with van der Waals surface area (Å²) in [6, 6.07) is 4.04. The molecule has 0 aliphatic heterocycles. The highest BCUT2D eigenvalue weighted by atomic mass is 16.5. The van der Waals surface area contributed by atoms with E-state index in [-0.39, 0.29) is 6.04 Å². The summed E-state index contributed by atoms with van der Waals surface area (Å²) < 4.78 is 7.24. The molecular formula is C14H18N4O. The molecular weight excluding hydrogens is 240 g/mol. The van der Waals surface area contributed by atoms with E-state index in [0.29, 0.717) is 11.8 Å². The molecule has 19 heavy (non-hydrogen) atoms. The van der Waals surface area contributed by atoms with E-state index in [2.05, 4.69) is 16.0 Å². The van der Waals surface area contributed by atoms with Gasteiger partial charge < -0.3 is 10.5 Å². The molecule has 0 spiro atoms. The van der Waals surface area contributed by atoms with E-state index in [1.54, 1.807) is 7.11 Å². The molecule has 2 aromatic heterocycles. The topological polar surface area (TPSA) is 66.0 Å². The van der Waals surface area contributed by atoms with Crippen LogP contribution in [0.5, 0.6) is 5.88 Å². The van der Waals surface area contributed by atoms with Crippen LogP contribution in [0.25, 0.3) is 5.95 Å². The Labute approximate surface area is 112 Å². The number of methoxy groups -OCH3 is 1. The minimum absolute atomic E-state index is 0.136. The molecule has 0 amide bonds. The van der Waals surface area contributed by atoms with Crippen molar-refractivity contribution in [2.45, 2.75) is 32.2 Å². The second-order valence-electron chi connectivity index (χ2n) is 4.94. The number of ether oxygens (including phenoxy) is 1. The first kappa shape index (κ1) is 12.2. The lowest BCUT2D eigenvalue weighted by Gasteiger charge is -2.20. The minimum Gasteiger partial charge on any atom is -0.481 e. The van der Waals surface area contributed by atoms with Crippen LogP contribution in [-0.2, 0) is 6.42 Å².